The van der Waals surface area contributed by atoms with Gasteiger partial charge in [-0.15, -0.1) is 0 Å². The number of aromatic nitrogens is 4. The van der Waals surface area contributed by atoms with Crippen molar-refractivity contribution in [1.29, 1.82) is 0 Å². The van der Waals surface area contributed by atoms with E-state index in [4.69, 9.17) is 4.74 Å². The van der Waals surface area contributed by atoms with Gasteiger partial charge in [0.2, 0.25) is 11.9 Å². The summed E-state index contributed by atoms with van der Waals surface area (Å²) >= 11 is 0. The Labute approximate surface area is 236 Å². The van der Waals surface area contributed by atoms with Gasteiger partial charge in [0.1, 0.15) is 11.3 Å². The zero-order valence-corrected chi connectivity index (χ0v) is 23.3. The normalized spacial score (nSPS) is 13.7. The molecule has 212 valence electrons. The van der Waals surface area contributed by atoms with Gasteiger partial charge >= 0.3 is 11.1 Å². The van der Waals surface area contributed by atoms with Gasteiger partial charge in [-0.05, 0) is 50.4 Å². The van der Waals surface area contributed by atoms with E-state index in [9.17, 15) is 14.4 Å². The molecule has 1 fully saturated rings. The number of nitrogens with one attached hydrogen (secondary N) is 2. The maximum absolute atomic E-state index is 13.3. The summed E-state index contributed by atoms with van der Waals surface area (Å²) in [6.07, 6.45) is 2.66. The Morgan fingerprint density at radius 2 is 1.85 bits per heavy atom. The maximum Gasteiger partial charge on any atom is 0.322 e. The molecule has 1 amide bonds. The molecule has 1 saturated heterocycles. The van der Waals surface area contributed by atoms with Gasteiger partial charge in [0, 0.05) is 50.2 Å². The third-order valence-corrected chi connectivity index (χ3v) is 7.06. The minimum Gasteiger partial charge on any atom is -0.494 e. The summed E-state index contributed by atoms with van der Waals surface area (Å²) in [6.45, 7) is 9.32. The topological polar surface area (TPSA) is 127 Å². The lowest BCUT2D eigenvalue weighted by Crippen LogP contribution is -2.44. The van der Waals surface area contributed by atoms with Crippen molar-refractivity contribution in [1.82, 2.24) is 24.0 Å². The molecule has 1 aliphatic heterocycles. The molecular weight excluding hydrogens is 524 g/mol. The Morgan fingerprint density at radius 3 is 2.56 bits per heavy atom. The summed E-state index contributed by atoms with van der Waals surface area (Å²) in [5.74, 6) is 0.433. The van der Waals surface area contributed by atoms with Crippen molar-refractivity contribution in [2.75, 3.05) is 55.9 Å². The standard InChI is InChI=1S/C29H32N8O4/c1-5-25(38)31-19-8-7-9-21(16-19)37-26-23(36(6-2)27(39)28(37)40)18-30-29(33-26)32-22-11-10-20(17-24(22)41-4)35-14-12-34(3)13-15-35/h5,7-11,16-18H,1,6,12-15H2,2-4H3,(H,31,38)(H,30,32,33). The van der Waals surface area contributed by atoms with E-state index in [1.807, 2.05) is 18.2 Å². The number of methoxy groups -OCH3 is 1. The number of rotatable bonds is 8. The quantitative estimate of drug-likeness (QED) is 0.249. The van der Waals surface area contributed by atoms with E-state index in [-0.39, 0.29) is 18.1 Å². The molecule has 4 aromatic rings. The van der Waals surface area contributed by atoms with E-state index in [0.717, 1.165) is 37.9 Å². The molecule has 12 nitrogen and oxygen atoms in total. The highest BCUT2D eigenvalue weighted by molar-refractivity contribution is 5.99. The molecule has 0 radical (unpaired) electrons. The van der Waals surface area contributed by atoms with Gasteiger partial charge in [-0.2, -0.15) is 4.98 Å². The average molecular weight is 557 g/mol. The SMILES string of the molecule is C=CC(=O)Nc1cccc(-n2c(=O)c(=O)n(CC)c3cnc(Nc4ccc(N5CCN(C)CC5)cc4OC)nc32)c1. The highest BCUT2D eigenvalue weighted by atomic mass is 16.5. The summed E-state index contributed by atoms with van der Waals surface area (Å²) in [7, 11) is 3.72. The summed E-state index contributed by atoms with van der Waals surface area (Å²) in [5.41, 5.74) is 1.65. The van der Waals surface area contributed by atoms with Crippen molar-refractivity contribution in [3.63, 3.8) is 0 Å². The number of benzene rings is 2. The molecule has 0 bridgehead atoms. The fourth-order valence-corrected chi connectivity index (χ4v) is 4.83. The highest BCUT2D eigenvalue weighted by Gasteiger charge is 2.19. The molecule has 0 atom stereocenters. The first kappa shape index (κ1) is 27.6. The van der Waals surface area contributed by atoms with Gasteiger partial charge in [0.25, 0.3) is 0 Å². The van der Waals surface area contributed by atoms with Crippen LogP contribution in [-0.2, 0) is 11.3 Å². The molecule has 12 heteroatoms. The molecule has 1 aliphatic rings. The summed E-state index contributed by atoms with van der Waals surface area (Å²) in [4.78, 5) is 51.9. The molecule has 0 saturated carbocycles. The van der Waals surface area contributed by atoms with Crippen LogP contribution in [0, 0.1) is 0 Å². The van der Waals surface area contributed by atoms with Gasteiger partial charge in [-0.1, -0.05) is 12.6 Å². The number of hydrogen-bond donors (Lipinski definition) is 2. The van der Waals surface area contributed by atoms with Crippen LogP contribution in [0.15, 0.2) is 70.9 Å². The number of nitrogens with zero attached hydrogens (tertiary/aromatic N) is 6. The monoisotopic (exact) mass is 556 g/mol. The molecule has 3 heterocycles. The minimum atomic E-state index is -0.773. The predicted octanol–water partition coefficient (Wildman–Crippen LogP) is 2.59. The Hall–Kier alpha value is -4.97. The number of likely N-dealkylation sites (N-methyl/N-ethyl adjacent to an activating group) is 1. The smallest absolute Gasteiger partial charge is 0.322 e. The minimum absolute atomic E-state index is 0.216. The zero-order valence-electron chi connectivity index (χ0n) is 23.3. The van der Waals surface area contributed by atoms with Crippen molar-refractivity contribution in [3.05, 3.63) is 82.0 Å². The van der Waals surface area contributed by atoms with Crippen LogP contribution in [0.3, 0.4) is 0 Å². The van der Waals surface area contributed by atoms with Crippen molar-refractivity contribution < 1.29 is 9.53 Å². The Kier molecular flexibility index (Phi) is 7.83. The number of fused-ring (bicyclic) bond motifs is 1. The Balaban J connectivity index is 1.57. The second-order valence-corrected chi connectivity index (χ2v) is 9.64. The van der Waals surface area contributed by atoms with Gasteiger partial charge in [0.15, 0.2) is 5.65 Å². The van der Waals surface area contributed by atoms with Crippen molar-refractivity contribution in [3.8, 4) is 11.4 Å². The molecule has 2 aromatic heterocycles. The first-order valence-corrected chi connectivity index (χ1v) is 13.3. The zero-order chi connectivity index (χ0) is 29.1. The van der Waals surface area contributed by atoms with Gasteiger partial charge in [0.05, 0.1) is 24.7 Å². The van der Waals surface area contributed by atoms with E-state index < -0.39 is 17.0 Å². The van der Waals surface area contributed by atoms with E-state index in [1.54, 1.807) is 38.3 Å². The fourth-order valence-electron chi connectivity index (χ4n) is 4.83. The van der Waals surface area contributed by atoms with Crippen LogP contribution in [0.1, 0.15) is 6.92 Å². The number of ether oxygens (including phenoxy) is 1. The van der Waals surface area contributed by atoms with Crippen LogP contribution in [0.25, 0.3) is 16.9 Å². The van der Waals surface area contributed by atoms with Gasteiger partial charge < -0.3 is 25.2 Å². The number of hydrogen-bond acceptors (Lipinski definition) is 9. The highest BCUT2D eigenvalue weighted by Crippen LogP contribution is 2.32. The average Bonchev–Trinajstić information content (AvgIpc) is 2.98. The molecule has 5 rings (SSSR count). The van der Waals surface area contributed by atoms with Crippen LogP contribution >= 0.6 is 0 Å². The van der Waals surface area contributed by atoms with Crippen LogP contribution in [0.2, 0.25) is 0 Å². The van der Waals surface area contributed by atoms with Crippen LogP contribution in [0.5, 0.6) is 5.75 Å². The number of carbonyl (C=O) groups is 1. The van der Waals surface area contributed by atoms with E-state index >= 15 is 0 Å². The lowest BCUT2D eigenvalue weighted by atomic mass is 10.2. The summed E-state index contributed by atoms with van der Waals surface area (Å²) in [5, 5.41) is 5.88. The first-order chi connectivity index (χ1) is 19.8. The molecule has 2 aromatic carbocycles. The Bertz CT molecular complexity index is 1740. The van der Waals surface area contributed by atoms with Crippen LogP contribution in [0.4, 0.5) is 23.0 Å². The van der Waals surface area contributed by atoms with Crippen molar-refractivity contribution >= 4 is 40.1 Å². The number of carbonyl (C=O) groups excluding carboxylic acids is 1. The first-order valence-electron chi connectivity index (χ1n) is 13.3. The Morgan fingerprint density at radius 1 is 1.07 bits per heavy atom. The fraction of sp³-hybridized carbons (Fsp3) is 0.276. The lowest BCUT2D eigenvalue weighted by Gasteiger charge is -2.34. The predicted molar refractivity (Wildman–Crippen MR) is 160 cm³/mol. The molecule has 0 unspecified atom stereocenters. The van der Waals surface area contributed by atoms with Gasteiger partial charge in [-0.3, -0.25) is 23.5 Å². The molecule has 0 spiro atoms. The second-order valence-electron chi connectivity index (χ2n) is 9.64. The number of piperazine rings is 1. The molecular formula is C29H32N8O4. The number of anilines is 4. The van der Waals surface area contributed by atoms with Gasteiger partial charge in [-0.25, -0.2) is 4.98 Å². The number of aryl methyl sites for hydroxylation is 1. The molecule has 41 heavy (non-hydrogen) atoms. The van der Waals surface area contributed by atoms with E-state index in [1.165, 1.54) is 15.3 Å². The lowest BCUT2D eigenvalue weighted by molar-refractivity contribution is -0.111. The van der Waals surface area contributed by atoms with Crippen molar-refractivity contribution in [2.45, 2.75) is 13.5 Å². The third kappa shape index (κ3) is 5.54. The summed E-state index contributed by atoms with van der Waals surface area (Å²) < 4.78 is 8.25. The molecule has 2 N–H and O–H groups in total. The van der Waals surface area contributed by atoms with E-state index in [2.05, 4.69) is 44.0 Å². The maximum atomic E-state index is 13.3. The largest absolute Gasteiger partial charge is 0.494 e. The summed E-state index contributed by atoms with van der Waals surface area (Å²) in [6, 6.07) is 12.5. The van der Waals surface area contributed by atoms with E-state index in [0.29, 0.717) is 28.3 Å². The van der Waals surface area contributed by atoms with Crippen molar-refractivity contribution in [2.24, 2.45) is 0 Å². The molecule has 0 aliphatic carbocycles. The van der Waals surface area contributed by atoms with Crippen LogP contribution < -0.4 is 31.4 Å². The van der Waals surface area contributed by atoms with Crippen LogP contribution in [-0.4, -0.2) is 70.2 Å². The second kappa shape index (κ2) is 11.6. The third-order valence-electron chi connectivity index (χ3n) is 7.06. The number of amides is 1.